The third-order valence-corrected chi connectivity index (χ3v) is 3.45. The van der Waals surface area contributed by atoms with E-state index in [1.54, 1.807) is 6.07 Å². The van der Waals surface area contributed by atoms with Gasteiger partial charge in [-0.1, -0.05) is 0 Å². The molecule has 0 radical (unpaired) electrons. The minimum atomic E-state index is -0.143. The van der Waals surface area contributed by atoms with Crippen molar-refractivity contribution in [2.24, 2.45) is 5.73 Å². The highest BCUT2D eigenvalue weighted by molar-refractivity contribution is 7.98. The van der Waals surface area contributed by atoms with Crippen molar-refractivity contribution < 1.29 is 4.39 Å². The van der Waals surface area contributed by atoms with Crippen molar-refractivity contribution in [3.63, 3.8) is 0 Å². The zero-order chi connectivity index (χ0) is 13.0. The van der Waals surface area contributed by atoms with E-state index in [0.717, 1.165) is 24.3 Å². The Hall–Kier alpha value is -0.740. The quantitative estimate of drug-likeness (QED) is 0.821. The summed E-state index contributed by atoms with van der Waals surface area (Å²) in [6.07, 6.45) is 1.89. The van der Waals surface area contributed by atoms with Crippen LogP contribution in [0.15, 0.2) is 17.0 Å². The summed E-state index contributed by atoms with van der Waals surface area (Å²) in [6.45, 7) is 7.67. The second kappa shape index (κ2) is 6.26. The Kier molecular flexibility index (Phi) is 5.28. The number of rotatable bonds is 5. The number of thioether (sulfide) groups is 1. The summed E-state index contributed by atoms with van der Waals surface area (Å²) in [7, 11) is 0. The molecule has 1 aromatic rings. The normalized spacial score (nSPS) is 12.6. The third kappa shape index (κ3) is 3.61. The van der Waals surface area contributed by atoms with Crippen molar-refractivity contribution in [3.8, 4) is 0 Å². The number of benzene rings is 1. The summed E-state index contributed by atoms with van der Waals surface area (Å²) >= 11 is 1.43. The zero-order valence-corrected chi connectivity index (χ0v) is 11.8. The largest absolute Gasteiger partial charge is 0.370 e. The average molecular weight is 256 g/mol. The van der Waals surface area contributed by atoms with Gasteiger partial charge in [0, 0.05) is 29.7 Å². The maximum atomic E-state index is 13.6. The van der Waals surface area contributed by atoms with Crippen LogP contribution < -0.4 is 10.6 Å². The number of hydrogen-bond acceptors (Lipinski definition) is 3. The van der Waals surface area contributed by atoms with E-state index in [9.17, 15) is 4.39 Å². The van der Waals surface area contributed by atoms with Crippen LogP contribution in [0.4, 0.5) is 10.1 Å². The highest BCUT2D eigenvalue weighted by Gasteiger charge is 2.13. The van der Waals surface area contributed by atoms with Gasteiger partial charge < -0.3 is 10.6 Å². The Balaban J connectivity index is 3.10. The van der Waals surface area contributed by atoms with Crippen LogP contribution in [0, 0.1) is 12.7 Å². The zero-order valence-electron chi connectivity index (χ0n) is 11.0. The lowest BCUT2D eigenvalue weighted by Gasteiger charge is -2.27. The van der Waals surface area contributed by atoms with Crippen molar-refractivity contribution in [2.45, 2.75) is 31.7 Å². The van der Waals surface area contributed by atoms with Crippen LogP contribution in [0.1, 0.15) is 19.4 Å². The van der Waals surface area contributed by atoms with Gasteiger partial charge in [0.15, 0.2) is 0 Å². The molecule has 0 aliphatic rings. The SMILES string of the molecule is CCN(C[C@H](C)N)c1cc(SC)c(F)cc1C. The second-order valence-corrected chi connectivity index (χ2v) is 5.14. The van der Waals surface area contributed by atoms with Gasteiger partial charge in [-0.15, -0.1) is 11.8 Å². The molecule has 2 nitrogen and oxygen atoms in total. The van der Waals surface area contributed by atoms with E-state index in [1.165, 1.54) is 11.8 Å². The third-order valence-electron chi connectivity index (χ3n) is 2.70. The molecular formula is C13H21FN2S. The second-order valence-electron chi connectivity index (χ2n) is 4.29. The minimum absolute atomic E-state index is 0.108. The van der Waals surface area contributed by atoms with Crippen molar-refractivity contribution in [3.05, 3.63) is 23.5 Å². The van der Waals surface area contributed by atoms with Crippen LogP contribution in [0.3, 0.4) is 0 Å². The van der Waals surface area contributed by atoms with Gasteiger partial charge >= 0.3 is 0 Å². The highest BCUT2D eigenvalue weighted by Crippen LogP contribution is 2.29. The van der Waals surface area contributed by atoms with Crippen LogP contribution >= 0.6 is 11.8 Å². The molecular weight excluding hydrogens is 235 g/mol. The monoisotopic (exact) mass is 256 g/mol. The molecule has 0 aromatic heterocycles. The van der Waals surface area contributed by atoms with Crippen molar-refractivity contribution in [1.82, 2.24) is 0 Å². The fourth-order valence-electron chi connectivity index (χ4n) is 1.88. The Morgan fingerprint density at radius 1 is 1.47 bits per heavy atom. The van der Waals surface area contributed by atoms with Crippen LogP contribution in [0.5, 0.6) is 0 Å². The van der Waals surface area contributed by atoms with E-state index in [4.69, 9.17) is 5.73 Å². The number of nitrogens with two attached hydrogens (primary N) is 1. The smallest absolute Gasteiger partial charge is 0.137 e. The fourth-order valence-corrected chi connectivity index (χ4v) is 2.37. The van der Waals surface area contributed by atoms with Gasteiger partial charge in [0.05, 0.1) is 0 Å². The predicted octanol–water partition coefficient (Wildman–Crippen LogP) is 3.03. The summed E-state index contributed by atoms with van der Waals surface area (Å²) in [4.78, 5) is 2.88. The Bertz CT molecular complexity index is 380. The van der Waals surface area contributed by atoms with Crippen LogP contribution in [-0.2, 0) is 0 Å². The maximum absolute atomic E-state index is 13.6. The molecule has 0 aliphatic heterocycles. The topological polar surface area (TPSA) is 29.3 Å². The van der Waals surface area contributed by atoms with Gasteiger partial charge in [-0.3, -0.25) is 0 Å². The average Bonchev–Trinajstić information content (AvgIpc) is 2.26. The van der Waals surface area contributed by atoms with Crippen molar-refractivity contribution in [1.29, 1.82) is 0 Å². The molecule has 1 rings (SSSR count). The van der Waals surface area contributed by atoms with E-state index in [1.807, 2.05) is 26.2 Å². The van der Waals surface area contributed by atoms with Gasteiger partial charge in [-0.2, -0.15) is 0 Å². The molecule has 0 amide bonds. The number of halogens is 1. The lowest BCUT2D eigenvalue weighted by molar-refractivity contribution is 0.599. The van der Waals surface area contributed by atoms with E-state index < -0.39 is 0 Å². The van der Waals surface area contributed by atoms with Crippen molar-refractivity contribution in [2.75, 3.05) is 24.2 Å². The minimum Gasteiger partial charge on any atom is -0.370 e. The van der Waals surface area contributed by atoms with Crippen LogP contribution in [0.2, 0.25) is 0 Å². The predicted molar refractivity (Wildman–Crippen MR) is 74.5 cm³/mol. The molecule has 0 fully saturated rings. The maximum Gasteiger partial charge on any atom is 0.137 e. The number of nitrogens with zero attached hydrogens (tertiary/aromatic N) is 1. The molecule has 2 N–H and O–H groups in total. The molecule has 0 heterocycles. The fraction of sp³-hybridized carbons (Fsp3) is 0.538. The van der Waals surface area contributed by atoms with E-state index >= 15 is 0 Å². The molecule has 1 atom stereocenters. The summed E-state index contributed by atoms with van der Waals surface area (Å²) in [5, 5.41) is 0. The molecule has 0 saturated heterocycles. The van der Waals surface area contributed by atoms with Gasteiger partial charge in [-0.25, -0.2) is 4.39 Å². The standard InChI is InChI=1S/C13H21FN2S/c1-5-16(8-10(3)15)12-7-13(17-4)11(14)6-9(12)2/h6-7,10H,5,8,15H2,1-4H3/t10-/m0/s1. The molecule has 0 unspecified atom stereocenters. The van der Waals surface area contributed by atoms with Crippen LogP contribution in [0.25, 0.3) is 0 Å². The Morgan fingerprint density at radius 2 is 2.12 bits per heavy atom. The number of anilines is 1. The van der Waals surface area contributed by atoms with Gasteiger partial charge in [0.25, 0.3) is 0 Å². The van der Waals surface area contributed by atoms with Gasteiger partial charge in [0.2, 0.25) is 0 Å². The van der Waals surface area contributed by atoms with Crippen molar-refractivity contribution >= 4 is 17.4 Å². The first-order valence-corrected chi connectivity index (χ1v) is 7.06. The van der Waals surface area contributed by atoms with E-state index in [-0.39, 0.29) is 11.9 Å². The molecule has 4 heteroatoms. The first-order chi connectivity index (χ1) is 7.99. The summed E-state index contributed by atoms with van der Waals surface area (Å²) < 4.78 is 13.6. The highest BCUT2D eigenvalue weighted by atomic mass is 32.2. The molecule has 17 heavy (non-hydrogen) atoms. The Morgan fingerprint density at radius 3 is 2.59 bits per heavy atom. The molecule has 1 aromatic carbocycles. The first-order valence-electron chi connectivity index (χ1n) is 5.84. The lowest BCUT2D eigenvalue weighted by Crippen LogP contribution is -2.35. The molecule has 0 bridgehead atoms. The molecule has 0 saturated carbocycles. The van der Waals surface area contributed by atoms with E-state index in [0.29, 0.717) is 4.90 Å². The lowest BCUT2D eigenvalue weighted by atomic mass is 10.1. The number of hydrogen-bond donors (Lipinski definition) is 1. The molecule has 96 valence electrons. The number of likely N-dealkylation sites (N-methyl/N-ethyl adjacent to an activating group) is 1. The molecule has 0 spiro atoms. The number of aryl methyl sites for hydroxylation is 1. The van der Waals surface area contributed by atoms with E-state index in [2.05, 4.69) is 11.8 Å². The summed E-state index contributed by atoms with van der Waals surface area (Å²) in [5.41, 5.74) is 7.88. The Labute approximate surface area is 107 Å². The molecule has 0 aliphatic carbocycles. The summed E-state index contributed by atoms with van der Waals surface area (Å²) in [5.74, 6) is -0.143. The first kappa shape index (κ1) is 14.3. The van der Waals surface area contributed by atoms with Crippen LogP contribution in [-0.4, -0.2) is 25.4 Å². The summed E-state index contributed by atoms with van der Waals surface area (Å²) in [6, 6.07) is 3.63. The van der Waals surface area contributed by atoms with Gasteiger partial charge in [0.1, 0.15) is 5.82 Å². The van der Waals surface area contributed by atoms with Gasteiger partial charge in [-0.05, 0) is 44.7 Å².